The summed E-state index contributed by atoms with van der Waals surface area (Å²) in [6.07, 6.45) is 8.30. The monoisotopic (exact) mass is 300 g/mol. The van der Waals surface area contributed by atoms with Crippen LogP contribution in [0.1, 0.15) is 25.8 Å². The molecule has 0 bridgehead atoms. The highest BCUT2D eigenvalue weighted by atomic mass is 15.2. The Hall–Kier alpha value is -2.37. The first-order valence-corrected chi connectivity index (χ1v) is 7.57. The van der Waals surface area contributed by atoms with Crippen LogP contribution in [0.5, 0.6) is 0 Å². The molecule has 6 heteroatoms. The summed E-state index contributed by atoms with van der Waals surface area (Å²) in [4.78, 5) is 12.6. The quantitative estimate of drug-likeness (QED) is 0.632. The molecule has 2 aromatic heterocycles. The molecule has 0 saturated heterocycles. The third-order valence-corrected chi connectivity index (χ3v) is 3.28. The van der Waals surface area contributed by atoms with E-state index in [1.165, 1.54) is 0 Å². The van der Waals surface area contributed by atoms with E-state index in [9.17, 15) is 0 Å². The summed E-state index contributed by atoms with van der Waals surface area (Å²) in [5.74, 6) is 2.37. The minimum absolute atomic E-state index is 0.684. The van der Waals surface area contributed by atoms with Crippen LogP contribution in [0.2, 0.25) is 0 Å². The fourth-order valence-electron chi connectivity index (χ4n) is 1.99. The van der Waals surface area contributed by atoms with Crippen molar-refractivity contribution in [2.75, 3.05) is 13.6 Å². The van der Waals surface area contributed by atoms with Gasteiger partial charge < -0.3 is 10.6 Å². The molecule has 0 aliphatic rings. The van der Waals surface area contributed by atoms with Gasteiger partial charge in [-0.3, -0.25) is 9.56 Å². The molecule has 0 spiro atoms. The van der Waals surface area contributed by atoms with Crippen LogP contribution in [0.4, 0.5) is 0 Å². The van der Waals surface area contributed by atoms with E-state index in [0.717, 1.165) is 30.3 Å². The molecule has 0 radical (unpaired) electrons. The zero-order valence-electron chi connectivity index (χ0n) is 13.5. The van der Waals surface area contributed by atoms with Gasteiger partial charge in [-0.1, -0.05) is 13.8 Å². The molecular formula is C16H24N6. The molecule has 2 aromatic rings. The maximum absolute atomic E-state index is 4.35. The molecule has 2 N–H and O–H groups in total. The van der Waals surface area contributed by atoms with E-state index < -0.39 is 0 Å². The van der Waals surface area contributed by atoms with Gasteiger partial charge in [0.15, 0.2) is 5.96 Å². The van der Waals surface area contributed by atoms with E-state index in [1.54, 1.807) is 25.8 Å². The van der Waals surface area contributed by atoms with Gasteiger partial charge in [0.2, 0.25) is 0 Å². The van der Waals surface area contributed by atoms with Crippen LogP contribution in [0.3, 0.4) is 0 Å². The van der Waals surface area contributed by atoms with Gasteiger partial charge in [-0.15, -0.1) is 0 Å². The number of pyridine rings is 1. The minimum atomic E-state index is 0.684. The topological polar surface area (TPSA) is 67.1 Å². The van der Waals surface area contributed by atoms with Crippen molar-refractivity contribution in [3.05, 3.63) is 42.6 Å². The van der Waals surface area contributed by atoms with Crippen molar-refractivity contribution < 1.29 is 0 Å². The number of hydrogen-bond donors (Lipinski definition) is 2. The fraction of sp³-hybridized carbons (Fsp3) is 0.438. The normalized spacial score (nSPS) is 11.7. The van der Waals surface area contributed by atoms with Crippen molar-refractivity contribution in [1.29, 1.82) is 0 Å². The Labute approximate surface area is 131 Å². The average Bonchev–Trinajstić information content (AvgIpc) is 3.05. The standard InChI is InChI=1S/C16H24N6/c1-13(2)4-6-20-16(17-3)21-11-14-5-7-19-15(10-14)22-9-8-18-12-22/h5,7-10,12-13H,4,6,11H2,1-3H3,(H2,17,20,21). The van der Waals surface area contributed by atoms with Crippen LogP contribution >= 0.6 is 0 Å². The van der Waals surface area contributed by atoms with Crippen LogP contribution in [0, 0.1) is 5.92 Å². The lowest BCUT2D eigenvalue weighted by molar-refractivity contribution is 0.573. The molecule has 0 fully saturated rings. The van der Waals surface area contributed by atoms with Crippen LogP contribution in [0.15, 0.2) is 42.0 Å². The molecule has 0 aromatic carbocycles. The third-order valence-electron chi connectivity index (χ3n) is 3.28. The van der Waals surface area contributed by atoms with Crippen LogP contribution < -0.4 is 10.6 Å². The van der Waals surface area contributed by atoms with Gasteiger partial charge in [-0.2, -0.15) is 0 Å². The number of imidazole rings is 1. The Morgan fingerprint density at radius 2 is 2.18 bits per heavy atom. The summed E-state index contributed by atoms with van der Waals surface area (Å²) in [6.45, 7) is 6.05. The number of guanidine groups is 1. The third kappa shape index (κ3) is 4.87. The Balaban J connectivity index is 1.89. The highest BCUT2D eigenvalue weighted by Crippen LogP contribution is 2.06. The molecule has 0 atom stereocenters. The van der Waals surface area contributed by atoms with Gasteiger partial charge in [-0.25, -0.2) is 9.97 Å². The molecular weight excluding hydrogens is 276 g/mol. The van der Waals surface area contributed by atoms with Gasteiger partial charge in [0.05, 0.1) is 0 Å². The number of aromatic nitrogens is 3. The molecule has 6 nitrogen and oxygen atoms in total. The SMILES string of the molecule is CN=C(NCCC(C)C)NCc1ccnc(-n2ccnc2)c1. The summed E-state index contributed by atoms with van der Waals surface area (Å²) in [5.41, 5.74) is 1.14. The lowest BCUT2D eigenvalue weighted by atomic mass is 10.1. The Kier molecular flexibility index (Phi) is 5.94. The second kappa shape index (κ2) is 8.17. The number of nitrogens with zero attached hydrogens (tertiary/aromatic N) is 4. The van der Waals surface area contributed by atoms with E-state index in [-0.39, 0.29) is 0 Å². The number of hydrogen-bond acceptors (Lipinski definition) is 3. The van der Waals surface area contributed by atoms with Gasteiger partial charge in [0.1, 0.15) is 12.1 Å². The first-order valence-electron chi connectivity index (χ1n) is 7.57. The summed E-state index contributed by atoms with van der Waals surface area (Å²) < 4.78 is 1.89. The highest BCUT2D eigenvalue weighted by molar-refractivity contribution is 5.79. The fourth-order valence-corrected chi connectivity index (χ4v) is 1.99. The lowest BCUT2D eigenvalue weighted by Crippen LogP contribution is -2.37. The van der Waals surface area contributed by atoms with Crippen molar-refractivity contribution in [2.24, 2.45) is 10.9 Å². The predicted octanol–water partition coefficient (Wildman–Crippen LogP) is 1.98. The van der Waals surface area contributed by atoms with E-state index in [1.807, 2.05) is 22.9 Å². The Morgan fingerprint density at radius 3 is 2.86 bits per heavy atom. The molecule has 2 rings (SSSR count). The van der Waals surface area contributed by atoms with Gasteiger partial charge >= 0.3 is 0 Å². The summed E-state index contributed by atoms with van der Waals surface area (Å²) in [6, 6.07) is 4.03. The van der Waals surface area contributed by atoms with E-state index >= 15 is 0 Å². The average molecular weight is 300 g/mol. The van der Waals surface area contributed by atoms with Crippen LogP contribution in [-0.4, -0.2) is 34.1 Å². The highest BCUT2D eigenvalue weighted by Gasteiger charge is 2.02. The van der Waals surface area contributed by atoms with Crippen molar-refractivity contribution in [1.82, 2.24) is 25.2 Å². The number of nitrogens with one attached hydrogen (secondary N) is 2. The first kappa shape index (κ1) is 16.0. The first-order chi connectivity index (χ1) is 10.7. The van der Waals surface area contributed by atoms with Crippen molar-refractivity contribution >= 4 is 5.96 Å². The van der Waals surface area contributed by atoms with E-state index in [4.69, 9.17) is 0 Å². The van der Waals surface area contributed by atoms with Gasteiger partial charge in [0.25, 0.3) is 0 Å². The molecule has 22 heavy (non-hydrogen) atoms. The van der Waals surface area contributed by atoms with Crippen LogP contribution in [0.25, 0.3) is 5.82 Å². The smallest absolute Gasteiger partial charge is 0.191 e. The summed E-state index contributed by atoms with van der Waals surface area (Å²) >= 11 is 0. The van der Waals surface area contributed by atoms with E-state index in [2.05, 4.69) is 39.4 Å². The summed E-state index contributed by atoms with van der Waals surface area (Å²) in [5, 5.41) is 6.64. The van der Waals surface area contributed by atoms with E-state index in [0.29, 0.717) is 12.5 Å². The molecule has 2 heterocycles. The molecule has 0 saturated carbocycles. The second-order valence-electron chi connectivity index (χ2n) is 5.53. The maximum atomic E-state index is 4.35. The van der Waals surface area contributed by atoms with Gasteiger partial charge in [0, 0.05) is 38.7 Å². The zero-order chi connectivity index (χ0) is 15.8. The largest absolute Gasteiger partial charge is 0.356 e. The summed E-state index contributed by atoms with van der Waals surface area (Å²) in [7, 11) is 1.79. The van der Waals surface area contributed by atoms with Crippen LogP contribution in [-0.2, 0) is 6.54 Å². The van der Waals surface area contributed by atoms with Crippen molar-refractivity contribution in [3.63, 3.8) is 0 Å². The Morgan fingerprint density at radius 1 is 1.32 bits per heavy atom. The molecule has 0 unspecified atom stereocenters. The number of rotatable bonds is 6. The second-order valence-corrected chi connectivity index (χ2v) is 5.53. The molecule has 118 valence electrons. The molecule has 0 aliphatic carbocycles. The molecule has 0 aliphatic heterocycles. The van der Waals surface area contributed by atoms with Crippen molar-refractivity contribution in [2.45, 2.75) is 26.8 Å². The van der Waals surface area contributed by atoms with Crippen molar-refractivity contribution in [3.8, 4) is 5.82 Å². The maximum Gasteiger partial charge on any atom is 0.191 e. The minimum Gasteiger partial charge on any atom is -0.356 e. The van der Waals surface area contributed by atoms with Gasteiger partial charge in [-0.05, 0) is 30.0 Å². The zero-order valence-corrected chi connectivity index (χ0v) is 13.5. The molecule has 0 amide bonds. The number of aliphatic imine (C=N–C) groups is 1. The predicted molar refractivity (Wildman–Crippen MR) is 89.0 cm³/mol. The lowest BCUT2D eigenvalue weighted by Gasteiger charge is -2.13. The Bertz CT molecular complexity index is 588.